The number of hydrogen-bond acceptors (Lipinski definition) is 4. The molecule has 0 unspecified atom stereocenters. The molecule has 0 aromatic heterocycles. The molecule has 2 radical (unpaired) electrons. The largest absolute Gasteiger partial charge is 2.00 e. The molecule has 0 aliphatic rings. The van der Waals surface area contributed by atoms with E-state index in [1.807, 2.05) is 0 Å². The summed E-state index contributed by atoms with van der Waals surface area (Å²) in [5.74, 6) is 0. The van der Waals surface area contributed by atoms with Gasteiger partial charge in [-0.15, -0.1) is 0 Å². The minimum Gasteiger partial charge on any atom is -0.822 e. The Morgan fingerprint density at radius 1 is 1.14 bits per heavy atom. The fourth-order valence-corrected chi connectivity index (χ4v) is 0. The SMILES string of the molecule is O=P([O-])([O-])[O-].[K+].[Sn+2]. The van der Waals surface area contributed by atoms with E-state index in [4.69, 9.17) is 19.2 Å². The Bertz CT molecular complexity index is 57.8. The molecule has 0 saturated heterocycles. The molecule has 7 heavy (non-hydrogen) atoms. The Hall–Kier alpha value is 2.55. The predicted octanol–water partition coefficient (Wildman–Crippen LogP) is -6.20. The van der Waals surface area contributed by atoms with Crippen LogP contribution in [0.5, 0.6) is 0 Å². The van der Waals surface area contributed by atoms with Crippen LogP contribution in [0.4, 0.5) is 0 Å². The van der Waals surface area contributed by atoms with E-state index in [1.165, 1.54) is 0 Å². The maximum Gasteiger partial charge on any atom is 2.00 e. The average Bonchev–Trinajstić information content (AvgIpc) is 0.722. The molecule has 4 nitrogen and oxygen atoms in total. The van der Waals surface area contributed by atoms with Gasteiger partial charge in [0, 0.05) is 0 Å². The van der Waals surface area contributed by atoms with Crippen LogP contribution < -0.4 is 66.1 Å². The second-order valence-electron chi connectivity index (χ2n) is 0.447. The van der Waals surface area contributed by atoms with E-state index in [2.05, 4.69) is 0 Å². The van der Waals surface area contributed by atoms with Gasteiger partial charge in [0.15, 0.2) is 0 Å². The average molecular weight is 253 g/mol. The monoisotopic (exact) mass is 254 g/mol. The molecular formula is KO4PSn. The van der Waals surface area contributed by atoms with Gasteiger partial charge < -0.3 is 19.2 Å². The fraction of sp³-hybridized carbons (Fsp3) is 0. The van der Waals surface area contributed by atoms with E-state index < -0.39 is 7.82 Å². The van der Waals surface area contributed by atoms with Crippen LogP contribution in [0, 0.1) is 0 Å². The Balaban J connectivity index is -0.0000000800. The Morgan fingerprint density at radius 2 is 1.14 bits per heavy atom. The van der Waals surface area contributed by atoms with Gasteiger partial charge in [-0.05, 0) is 0 Å². The molecule has 0 aromatic rings. The summed E-state index contributed by atoms with van der Waals surface area (Å²) >= 11 is 0. The van der Waals surface area contributed by atoms with E-state index in [1.54, 1.807) is 0 Å². The molecule has 0 rings (SSSR count). The van der Waals surface area contributed by atoms with Gasteiger partial charge in [0.05, 0.1) is 0 Å². The first kappa shape index (κ1) is 16.3. The van der Waals surface area contributed by atoms with E-state index in [0.29, 0.717) is 0 Å². The maximum atomic E-state index is 8.55. The topological polar surface area (TPSA) is 86.2 Å². The molecule has 7 heteroatoms. The van der Waals surface area contributed by atoms with Gasteiger partial charge in [0.25, 0.3) is 0 Å². The maximum absolute atomic E-state index is 8.55. The van der Waals surface area contributed by atoms with Crippen LogP contribution in [-0.2, 0) is 4.57 Å². The van der Waals surface area contributed by atoms with Gasteiger partial charge >= 0.3 is 75.3 Å². The van der Waals surface area contributed by atoms with E-state index >= 15 is 0 Å². The Kier molecular flexibility index (Phi) is 15.5. The van der Waals surface area contributed by atoms with Crippen LogP contribution in [0.1, 0.15) is 0 Å². The summed E-state index contributed by atoms with van der Waals surface area (Å²) in [6.07, 6.45) is 0. The molecule has 0 aliphatic carbocycles. The van der Waals surface area contributed by atoms with Gasteiger partial charge in [-0.25, -0.2) is 0 Å². The molecule has 0 aromatic carbocycles. The molecule has 0 amide bonds. The van der Waals surface area contributed by atoms with Crippen molar-refractivity contribution in [3.05, 3.63) is 0 Å². The van der Waals surface area contributed by atoms with Crippen LogP contribution in [-0.4, -0.2) is 23.9 Å². The van der Waals surface area contributed by atoms with Crippen molar-refractivity contribution in [2.75, 3.05) is 0 Å². The minimum atomic E-state index is -5.39. The molecular weight excluding hydrogens is 253 g/mol. The number of hydrogen-bond donors (Lipinski definition) is 0. The zero-order valence-corrected chi connectivity index (χ0v) is 10.5. The molecule has 0 aliphatic heterocycles. The molecule has 0 bridgehead atoms. The van der Waals surface area contributed by atoms with Gasteiger partial charge in [-0.1, -0.05) is 0 Å². The van der Waals surface area contributed by atoms with Crippen LogP contribution in [0.2, 0.25) is 0 Å². The summed E-state index contributed by atoms with van der Waals surface area (Å²) in [5, 5.41) is 0. The molecule has 0 atom stereocenters. The van der Waals surface area contributed by atoms with Crippen molar-refractivity contribution in [1.82, 2.24) is 0 Å². The molecule has 0 fully saturated rings. The van der Waals surface area contributed by atoms with Crippen LogP contribution in [0.3, 0.4) is 0 Å². The third-order valence-corrected chi connectivity index (χ3v) is 0. The zero-order valence-electron chi connectivity index (χ0n) is 3.58. The van der Waals surface area contributed by atoms with E-state index in [9.17, 15) is 0 Å². The predicted molar refractivity (Wildman–Crippen MR) is 13.4 cm³/mol. The summed E-state index contributed by atoms with van der Waals surface area (Å²) < 4.78 is 8.55. The van der Waals surface area contributed by atoms with Gasteiger partial charge in [-0.2, -0.15) is 7.82 Å². The quantitative estimate of drug-likeness (QED) is 0.317. The van der Waals surface area contributed by atoms with Crippen molar-refractivity contribution in [1.29, 1.82) is 0 Å². The Morgan fingerprint density at radius 3 is 1.14 bits per heavy atom. The van der Waals surface area contributed by atoms with Crippen LogP contribution >= 0.6 is 7.82 Å². The van der Waals surface area contributed by atoms with Crippen molar-refractivity contribution in [3.63, 3.8) is 0 Å². The zero-order chi connectivity index (χ0) is 4.50. The van der Waals surface area contributed by atoms with Crippen LogP contribution in [0.15, 0.2) is 0 Å². The van der Waals surface area contributed by atoms with Gasteiger partial charge in [-0.3, -0.25) is 0 Å². The molecule has 34 valence electrons. The Labute approximate surface area is 100 Å². The van der Waals surface area contributed by atoms with Crippen molar-refractivity contribution in [3.8, 4) is 0 Å². The standard InChI is InChI=1S/K.H3O4P.Sn/c;1-5(2,3)4;/h;(H3,1,2,3,4);/q+1;;+2/p-3. The van der Waals surface area contributed by atoms with Crippen molar-refractivity contribution in [2.24, 2.45) is 0 Å². The third-order valence-electron chi connectivity index (χ3n) is 0. The normalized spacial score (nSPS) is 8.43. The molecule has 0 saturated carbocycles. The summed E-state index contributed by atoms with van der Waals surface area (Å²) in [4.78, 5) is 25.6. The number of phosphoric acid groups is 1. The van der Waals surface area contributed by atoms with Crippen LogP contribution in [0.25, 0.3) is 0 Å². The van der Waals surface area contributed by atoms with E-state index in [-0.39, 0.29) is 75.3 Å². The smallest absolute Gasteiger partial charge is 0.822 e. The summed E-state index contributed by atoms with van der Waals surface area (Å²) in [5.41, 5.74) is 0. The van der Waals surface area contributed by atoms with Crippen molar-refractivity contribution in [2.45, 2.75) is 0 Å². The summed E-state index contributed by atoms with van der Waals surface area (Å²) in [7, 11) is -5.39. The third kappa shape index (κ3) is 56.5. The first-order valence-electron chi connectivity index (χ1n) is 0.730. The fourth-order valence-electron chi connectivity index (χ4n) is 0. The van der Waals surface area contributed by atoms with Gasteiger partial charge in [0.2, 0.25) is 0 Å². The second kappa shape index (κ2) is 6.66. The first-order chi connectivity index (χ1) is 2.00. The molecule has 0 heterocycles. The van der Waals surface area contributed by atoms with Crippen molar-refractivity contribution >= 4 is 31.7 Å². The van der Waals surface area contributed by atoms with Crippen molar-refractivity contribution < 1.29 is 70.6 Å². The first-order valence-corrected chi connectivity index (χ1v) is 2.19. The molecule has 0 spiro atoms. The number of rotatable bonds is 0. The van der Waals surface area contributed by atoms with E-state index in [0.717, 1.165) is 0 Å². The summed E-state index contributed by atoms with van der Waals surface area (Å²) in [6, 6.07) is 0. The second-order valence-corrected chi connectivity index (χ2v) is 1.34. The summed E-state index contributed by atoms with van der Waals surface area (Å²) in [6.45, 7) is 0. The minimum absolute atomic E-state index is 0. The van der Waals surface area contributed by atoms with Gasteiger partial charge in [0.1, 0.15) is 0 Å². The molecule has 0 N–H and O–H groups in total.